The van der Waals surface area contributed by atoms with Crippen LogP contribution in [-0.2, 0) is 7.05 Å². The number of carbonyl (C=O) groups excluding carboxylic acids is 1. The number of aliphatic hydroxyl groups is 1. The van der Waals surface area contributed by atoms with Gasteiger partial charge < -0.3 is 10.4 Å². The molecule has 0 bridgehead atoms. The Labute approximate surface area is 81.9 Å². The van der Waals surface area contributed by atoms with Crippen molar-refractivity contribution in [1.29, 1.82) is 0 Å². The van der Waals surface area contributed by atoms with Crippen molar-refractivity contribution < 1.29 is 9.90 Å². The van der Waals surface area contributed by atoms with Gasteiger partial charge in [0.05, 0.1) is 18.3 Å². The average Bonchev–Trinajstić information content (AvgIpc) is 2.51. The molecule has 0 aliphatic rings. The third-order valence-electron chi connectivity index (χ3n) is 1.68. The fourth-order valence-corrected chi connectivity index (χ4v) is 0.862. The molecule has 1 aromatic rings. The molecule has 0 unspecified atom stereocenters. The quantitative estimate of drug-likeness (QED) is 0.674. The van der Waals surface area contributed by atoms with Gasteiger partial charge in [0, 0.05) is 7.05 Å². The number of amides is 1. The van der Waals surface area contributed by atoms with Crippen LogP contribution in [0.3, 0.4) is 0 Å². The topological polar surface area (TPSA) is 80.0 Å². The van der Waals surface area contributed by atoms with Gasteiger partial charge in [-0.25, -0.2) is 0 Å². The first kappa shape index (κ1) is 10.6. The molecule has 1 aromatic heterocycles. The predicted molar refractivity (Wildman–Crippen MR) is 49.6 cm³/mol. The van der Waals surface area contributed by atoms with E-state index in [0.29, 0.717) is 0 Å². The number of aliphatic hydroxyl groups excluding tert-OH is 1. The van der Waals surface area contributed by atoms with Crippen molar-refractivity contribution in [3.05, 3.63) is 11.9 Å². The van der Waals surface area contributed by atoms with E-state index in [2.05, 4.69) is 15.6 Å². The van der Waals surface area contributed by atoms with Gasteiger partial charge in [-0.3, -0.25) is 9.48 Å². The maximum Gasteiger partial charge on any atom is 0.273 e. The van der Waals surface area contributed by atoms with Crippen LogP contribution in [0.4, 0.5) is 0 Å². The van der Waals surface area contributed by atoms with E-state index < -0.39 is 5.54 Å². The van der Waals surface area contributed by atoms with Crippen LogP contribution < -0.4 is 5.32 Å². The maximum absolute atomic E-state index is 11.5. The van der Waals surface area contributed by atoms with Gasteiger partial charge >= 0.3 is 0 Å². The van der Waals surface area contributed by atoms with E-state index >= 15 is 0 Å². The van der Waals surface area contributed by atoms with Gasteiger partial charge in [-0.05, 0) is 13.8 Å². The fourth-order valence-electron chi connectivity index (χ4n) is 0.862. The Hall–Kier alpha value is -1.43. The largest absolute Gasteiger partial charge is 0.394 e. The summed E-state index contributed by atoms with van der Waals surface area (Å²) in [6.07, 6.45) is 1.52. The summed E-state index contributed by atoms with van der Waals surface area (Å²) in [5.74, 6) is -0.336. The predicted octanol–water partition coefficient (Wildman–Crippen LogP) is -0.684. The number of hydrogen-bond acceptors (Lipinski definition) is 4. The summed E-state index contributed by atoms with van der Waals surface area (Å²) < 4.78 is 1.45. The van der Waals surface area contributed by atoms with Crippen molar-refractivity contribution in [2.45, 2.75) is 19.4 Å². The SMILES string of the molecule is Cn1cc(C(=O)NC(C)(C)CO)nn1. The second-order valence-electron chi connectivity index (χ2n) is 3.77. The number of carbonyl (C=O) groups is 1. The Morgan fingerprint density at radius 1 is 1.71 bits per heavy atom. The average molecular weight is 198 g/mol. The molecule has 1 heterocycles. The molecule has 1 amide bonds. The summed E-state index contributed by atoms with van der Waals surface area (Å²) in [5, 5.41) is 18.9. The first-order valence-electron chi connectivity index (χ1n) is 4.24. The van der Waals surface area contributed by atoms with Crippen molar-refractivity contribution in [3.8, 4) is 0 Å². The number of rotatable bonds is 3. The van der Waals surface area contributed by atoms with Crippen molar-refractivity contribution in [2.24, 2.45) is 7.05 Å². The number of aryl methyl sites for hydroxylation is 1. The molecule has 78 valence electrons. The van der Waals surface area contributed by atoms with Gasteiger partial charge in [-0.1, -0.05) is 5.21 Å². The minimum atomic E-state index is -0.644. The van der Waals surface area contributed by atoms with Crippen LogP contribution in [0.1, 0.15) is 24.3 Å². The van der Waals surface area contributed by atoms with E-state index in [1.54, 1.807) is 20.9 Å². The van der Waals surface area contributed by atoms with Crippen LogP contribution in [0, 0.1) is 0 Å². The Morgan fingerprint density at radius 2 is 2.36 bits per heavy atom. The normalized spacial score (nSPS) is 11.4. The van der Waals surface area contributed by atoms with Crippen molar-refractivity contribution >= 4 is 5.91 Å². The summed E-state index contributed by atoms with van der Waals surface area (Å²) in [6, 6.07) is 0. The van der Waals surface area contributed by atoms with Crippen molar-refractivity contribution in [1.82, 2.24) is 20.3 Å². The molecule has 6 heteroatoms. The molecule has 0 spiro atoms. The monoisotopic (exact) mass is 198 g/mol. The highest BCUT2D eigenvalue weighted by Crippen LogP contribution is 2.02. The molecule has 0 saturated heterocycles. The number of nitrogens with one attached hydrogen (secondary N) is 1. The summed E-state index contributed by atoms with van der Waals surface area (Å²) >= 11 is 0. The van der Waals surface area contributed by atoms with E-state index in [9.17, 15) is 4.79 Å². The molecular weight excluding hydrogens is 184 g/mol. The second kappa shape index (κ2) is 3.75. The first-order valence-corrected chi connectivity index (χ1v) is 4.24. The van der Waals surface area contributed by atoms with Crippen LogP contribution in [-0.4, -0.2) is 38.2 Å². The summed E-state index contributed by atoms with van der Waals surface area (Å²) in [6.45, 7) is 3.32. The fraction of sp³-hybridized carbons (Fsp3) is 0.625. The zero-order valence-corrected chi connectivity index (χ0v) is 8.48. The molecule has 6 nitrogen and oxygen atoms in total. The van der Waals surface area contributed by atoms with Crippen LogP contribution >= 0.6 is 0 Å². The van der Waals surface area contributed by atoms with Crippen LogP contribution in [0.15, 0.2) is 6.20 Å². The maximum atomic E-state index is 11.5. The van der Waals surface area contributed by atoms with Gasteiger partial charge in [0.25, 0.3) is 5.91 Å². The van der Waals surface area contributed by atoms with Gasteiger partial charge in [0.2, 0.25) is 0 Å². The highest BCUT2D eigenvalue weighted by Gasteiger charge is 2.21. The minimum absolute atomic E-state index is 0.126. The number of nitrogens with zero attached hydrogens (tertiary/aromatic N) is 3. The molecule has 0 radical (unpaired) electrons. The van der Waals surface area contributed by atoms with Gasteiger partial charge in [-0.15, -0.1) is 5.10 Å². The zero-order chi connectivity index (χ0) is 10.8. The molecule has 0 aliphatic heterocycles. The standard InChI is InChI=1S/C8H14N4O2/c1-8(2,5-13)9-7(14)6-4-12(3)11-10-6/h4,13H,5H2,1-3H3,(H,9,14). The third-order valence-corrected chi connectivity index (χ3v) is 1.68. The van der Waals surface area contributed by atoms with Gasteiger partial charge in [-0.2, -0.15) is 0 Å². The van der Waals surface area contributed by atoms with Crippen LogP contribution in [0.25, 0.3) is 0 Å². The molecule has 0 atom stereocenters. The molecule has 14 heavy (non-hydrogen) atoms. The summed E-state index contributed by atoms with van der Waals surface area (Å²) in [7, 11) is 1.68. The molecule has 0 aromatic carbocycles. The van der Waals surface area contributed by atoms with E-state index in [4.69, 9.17) is 5.11 Å². The zero-order valence-electron chi connectivity index (χ0n) is 8.48. The molecule has 0 saturated carbocycles. The van der Waals surface area contributed by atoms with E-state index in [0.717, 1.165) is 0 Å². The Kier molecular flexibility index (Phi) is 2.85. The van der Waals surface area contributed by atoms with Crippen LogP contribution in [0.5, 0.6) is 0 Å². The first-order chi connectivity index (χ1) is 6.44. The number of aromatic nitrogens is 3. The lowest BCUT2D eigenvalue weighted by atomic mass is 10.1. The second-order valence-corrected chi connectivity index (χ2v) is 3.77. The number of hydrogen-bond donors (Lipinski definition) is 2. The van der Waals surface area contributed by atoms with Gasteiger partial charge in [0.15, 0.2) is 5.69 Å². The molecular formula is C8H14N4O2. The lowest BCUT2D eigenvalue weighted by molar-refractivity contribution is 0.0864. The molecule has 1 rings (SSSR count). The highest BCUT2D eigenvalue weighted by atomic mass is 16.3. The van der Waals surface area contributed by atoms with E-state index in [1.807, 2.05) is 0 Å². The smallest absolute Gasteiger partial charge is 0.273 e. The van der Waals surface area contributed by atoms with E-state index in [-0.39, 0.29) is 18.2 Å². The van der Waals surface area contributed by atoms with Gasteiger partial charge in [0.1, 0.15) is 0 Å². The molecule has 2 N–H and O–H groups in total. The Bertz CT molecular complexity index is 332. The molecule has 0 aliphatic carbocycles. The Balaban J connectivity index is 2.68. The molecule has 0 fully saturated rings. The minimum Gasteiger partial charge on any atom is -0.394 e. The lowest BCUT2D eigenvalue weighted by Gasteiger charge is -2.22. The summed E-state index contributed by atoms with van der Waals surface area (Å²) in [5.41, 5.74) is -0.400. The third kappa shape index (κ3) is 2.53. The van der Waals surface area contributed by atoms with Crippen molar-refractivity contribution in [3.63, 3.8) is 0 Å². The summed E-state index contributed by atoms with van der Waals surface area (Å²) in [4.78, 5) is 11.5. The highest BCUT2D eigenvalue weighted by molar-refractivity contribution is 5.92. The van der Waals surface area contributed by atoms with Crippen LogP contribution in [0.2, 0.25) is 0 Å². The lowest BCUT2D eigenvalue weighted by Crippen LogP contribution is -2.46. The van der Waals surface area contributed by atoms with Crippen molar-refractivity contribution in [2.75, 3.05) is 6.61 Å². The Morgan fingerprint density at radius 3 is 2.79 bits per heavy atom. The van der Waals surface area contributed by atoms with E-state index in [1.165, 1.54) is 10.9 Å².